The predicted molar refractivity (Wildman–Crippen MR) is 88.7 cm³/mol. The number of aliphatic hydroxyl groups is 1. The van der Waals surface area contributed by atoms with Crippen LogP contribution in [0.1, 0.15) is 11.7 Å². The topological polar surface area (TPSA) is 66.8 Å². The summed E-state index contributed by atoms with van der Waals surface area (Å²) in [4.78, 5) is 2.33. The molecular weight excluding hydrogens is 314 g/mol. The summed E-state index contributed by atoms with van der Waals surface area (Å²) >= 11 is 0. The number of ether oxygens (including phenoxy) is 1. The molecule has 2 aromatic carbocycles. The zero-order valence-corrected chi connectivity index (χ0v) is 13.7. The Morgan fingerprint density at radius 2 is 1.87 bits per heavy atom. The molecular formula is C17H19NO4S. The molecule has 3 rings (SSSR count). The number of anilines is 1. The summed E-state index contributed by atoms with van der Waals surface area (Å²) < 4.78 is 28.6. The van der Waals surface area contributed by atoms with Crippen molar-refractivity contribution in [1.82, 2.24) is 0 Å². The molecule has 0 saturated carbocycles. The maximum absolute atomic E-state index is 11.5. The molecule has 1 unspecified atom stereocenters. The van der Waals surface area contributed by atoms with Gasteiger partial charge in [0.15, 0.2) is 9.84 Å². The molecule has 1 atom stereocenters. The molecule has 1 aliphatic heterocycles. The highest BCUT2D eigenvalue weighted by atomic mass is 32.2. The minimum Gasteiger partial charge on any atom is -0.490 e. The fraction of sp³-hybridized carbons (Fsp3) is 0.294. The van der Waals surface area contributed by atoms with E-state index in [2.05, 4.69) is 4.90 Å². The van der Waals surface area contributed by atoms with Gasteiger partial charge < -0.3 is 14.7 Å². The lowest BCUT2D eigenvalue weighted by Gasteiger charge is -2.32. The van der Waals surface area contributed by atoms with E-state index >= 15 is 0 Å². The van der Waals surface area contributed by atoms with Crippen molar-refractivity contribution in [3.63, 3.8) is 0 Å². The molecule has 0 fully saturated rings. The van der Waals surface area contributed by atoms with E-state index in [1.807, 2.05) is 24.3 Å². The quantitative estimate of drug-likeness (QED) is 0.927. The van der Waals surface area contributed by atoms with Crippen LogP contribution < -0.4 is 9.64 Å². The second kappa shape index (κ2) is 6.22. The lowest BCUT2D eigenvalue weighted by atomic mass is 10.1. The normalized spacial score (nSPS) is 15.7. The molecule has 0 amide bonds. The number of aliphatic hydroxyl groups excluding tert-OH is 1. The second-order valence-electron chi connectivity index (χ2n) is 5.62. The number of benzene rings is 2. The summed E-state index contributed by atoms with van der Waals surface area (Å²) in [6, 6.07) is 14.1. The maximum Gasteiger partial charge on any atom is 0.175 e. The first-order valence-corrected chi connectivity index (χ1v) is 9.29. The van der Waals surface area contributed by atoms with E-state index in [9.17, 15) is 13.5 Å². The molecule has 2 aromatic rings. The Morgan fingerprint density at radius 1 is 1.17 bits per heavy atom. The van der Waals surface area contributed by atoms with Gasteiger partial charge >= 0.3 is 0 Å². The van der Waals surface area contributed by atoms with Crippen LogP contribution in [-0.2, 0) is 9.84 Å². The largest absolute Gasteiger partial charge is 0.490 e. The van der Waals surface area contributed by atoms with Crippen LogP contribution in [0.4, 0.5) is 5.69 Å². The van der Waals surface area contributed by atoms with E-state index in [0.717, 1.165) is 11.4 Å². The van der Waals surface area contributed by atoms with Crippen LogP contribution in [0.2, 0.25) is 0 Å². The van der Waals surface area contributed by atoms with Gasteiger partial charge in [0.05, 0.1) is 23.2 Å². The molecule has 1 heterocycles. The van der Waals surface area contributed by atoms with Crippen molar-refractivity contribution in [1.29, 1.82) is 0 Å². The number of hydrogen-bond donors (Lipinski definition) is 1. The van der Waals surface area contributed by atoms with Gasteiger partial charge in [0.2, 0.25) is 0 Å². The summed E-state index contributed by atoms with van der Waals surface area (Å²) in [5.41, 5.74) is 1.66. The van der Waals surface area contributed by atoms with Gasteiger partial charge in [0, 0.05) is 12.8 Å². The fourth-order valence-corrected chi connectivity index (χ4v) is 3.30. The number of sulfone groups is 1. The van der Waals surface area contributed by atoms with Gasteiger partial charge in [0.25, 0.3) is 0 Å². The van der Waals surface area contributed by atoms with Crippen molar-refractivity contribution in [3.8, 4) is 5.75 Å². The summed E-state index contributed by atoms with van der Waals surface area (Å²) in [6.07, 6.45) is 0.470. The molecule has 1 N–H and O–H groups in total. The number of para-hydroxylation sites is 2. The Bertz CT molecular complexity index is 786. The monoisotopic (exact) mass is 333 g/mol. The van der Waals surface area contributed by atoms with Crippen LogP contribution in [0.15, 0.2) is 53.4 Å². The molecule has 0 saturated heterocycles. The summed E-state index contributed by atoms with van der Waals surface area (Å²) in [5, 5.41) is 10.5. The Kier molecular flexibility index (Phi) is 4.28. The van der Waals surface area contributed by atoms with E-state index in [4.69, 9.17) is 4.74 Å². The molecule has 6 heteroatoms. The standard InChI is InChI=1S/C17H19NO4S/c1-23(20,21)14-8-6-13(7-9-14)16(19)12-18-10-11-22-17-5-3-2-4-15(17)18/h2-9,16,19H,10-12H2,1H3. The van der Waals surface area contributed by atoms with E-state index in [1.54, 1.807) is 12.1 Å². The second-order valence-corrected chi connectivity index (χ2v) is 7.63. The summed E-state index contributed by atoms with van der Waals surface area (Å²) in [7, 11) is -3.22. The smallest absolute Gasteiger partial charge is 0.175 e. The predicted octanol–water partition coefficient (Wildman–Crippen LogP) is 2.02. The van der Waals surface area contributed by atoms with Gasteiger partial charge in [-0.1, -0.05) is 24.3 Å². The Balaban J connectivity index is 1.76. The molecule has 0 radical (unpaired) electrons. The van der Waals surface area contributed by atoms with Crippen molar-refractivity contribution < 1.29 is 18.3 Å². The molecule has 23 heavy (non-hydrogen) atoms. The molecule has 1 aliphatic rings. The highest BCUT2D eigenvalue weighted by Crippen LogP contribution is 2.32. The number of nitrogens with zero attached hydrogens (tertiary/aromatic N) is 1. The van der Waals surface area contributed by atoms with Gasteiger partial charge in [-0.2, -0.15) is 0 Å². The SMILES string of the molecule is CS(=O)(=O)c1ccc(C(O)CN2CCOc3ccccc32)cc1. The lowest BCUT2D eigenvalue weighted by Crippen LogP contribution is -2.35. The molecule has 122 valence electrons. The highest BCUT2D eigenvalue weighted by molar-refractivity contribution is 7.90. The lowest BCUT2D eigenvalue weighted by molar-refractivity contribution is 0.179. The Morgan fingerprint density at radius 3 is 2.57 bits per heavy atom. The Labute approximate surface area is 136 Å². The van der Waals surface area contributed by atoms with Crippen LogP contribution in [0, 0.1) is 0 Å². The molecule has 5 nitrogen and oxygen atoms in total. The van der Waals surface area contributed by atoms with Crippen molar-refractivity contribution in [2.24, 2.45) is 0 Å². The number of hydrogen-bond acceptors (Lipinski definition) is 5. The zero-order valence-electron chi connectivity index (χ0n) is 12.8. The van der Waals surface area contributed by atoms with E-state index < -0.39 is 15.9 Å². The van der Waals surface area contributed by atoms with E-state index in [1.165, 1.54) is 18.4 Å². The van der Waals surface area contributed by atoms with Crippen LogP contribution in [0.5, 0.6) is 5.75 Å². The third-order valence-corrected chi connectivity index (χ3v) is 5.04. The van der Waals surface area contributed by atoms with Gasteiger partial charge in [-0.15, -0.1) is 0 Å². The highest BCUT2D eigenvalue weighted by Gasteiger charge is 2.21. The number of β-amino-alcohol motifs (C(OH)–C–C–N with tert-alkyl or cyclic N) is 1. The van der Waals surface area contributed by atoms with Gasteiger partial charge in [-0.3, -0.25) is 0 Å². The summed E-state index contributed by atoms with van der Waals surface area (Å²) in [5.74, 6) is 0.818. The van der Waals surface area contributed by atoms with Crippen molar-refractivity contribution in [2.75, 3.05) is 30.9 Å². The van der Waals surface area contributed by atoms with Crippen LogP contribution in [0.25, 0.3) is 0 Å². The van der Waals surface area contributed by atoms with Crippen LogP contribution in [-0.4, -0.2) is 39.5 Å². The van der Waals surface area contributed by atoms with E-state index in [0.29, 0.717) is 25.3 Å². The van der Waals surface area contributed by atoms with Crippen molar-refractivity contribution >= 4 is 15.5 Å². The van der Waals surface area contributed by atoms with Gasteiger partial charge in [-0.25, -0.2) is 8.42 Å². The number of rotatable bonds is 4. The van der Waals surface area contributed by atoms with E-state index in [-0.39, 0.29) is 4.90 Å². The first kappa shape index (κ1) is 15.8. The third kappa shape index (κ3) is 3.48. The zero-order chi connectivity index (χ0) is 16.4. The first-order valence-electron chi connectivity index (χ1n) is 7.40. The minimum atomic E-state index is -3.22. The maximum atomic E-state index is 11.5. The van der Waals surface area contributed by atoms with Gasteiger partial charge in [-0.05, 0) is 29.8 Å². The van der Waals surface area contributed by atoms with Gasteiger partial charge in [0.1, 0.15) is 12.4 Å². The third-order valence-electron chi connectivity index (χ3n) is 3.91. The number of fused-ring (bicyclic) bond motifs is 1. The average Bonchev–Trinajstić information content (AvgIpc) is 2.54. The Hall–Kier alpha value is -2.05. The van der Waals surface area contributed by atoms with Crippen molar-refractivity contribution in [2.45, 2.75) is 11.0 Å². The average molecular weight is 333 g/mol. The van der Waals surface area contributed by atoms with Crippen molar-refractivity contribution in [3.05, 3.63) is 54.1 Å². The van der Waals surface area contributed by atoms with Crippen LogP contribution >= 0.6 is 0 Å². The summed E-state index contributed by atoms with van der Waals surface area (Å²) in [6.45, 7) is 1.71. The molecule has 0 aromatic heterocycles. The minimum absolute atomic E-state index is 0.255. The molecule has 0 bridgehead atoms. The first-order chi connectivity index (χ1) is 10.9. The molecule has 0 aliphatic carbocycles. The van der Waals surface area contributed by atoms with Crippen LogP contribution in [0.3, 0.4) is 0 Å². The molecule has 0 spiro atoms. The fourth-order valence-electron chi connectivity index (χ4n) is 2.67.